The van der Waals surface area contributed by atoms with Crippen LogP contribution in [0.3, 0.4) is 0 Å². The molecule has 0 saturated heterocycles. The molecule has 0 bridgehead atoms. The van der Waals surface area contributed by atoms with Crippen molar-refractivity contribution >= 4 is 11.3 Å². The lowest BCUT2D eigenvalue weighted by Crippen LogP contribution is -2.60. The first-order valence-electron chi connectivity index (χ1n) is 6.63. The van der Waals surface area contributed by atoms with Crippen LogP contribution in [0.4, 0.5) is 0 Å². The number of likely N-dealkylation sites (N-methyl/N-ethyl adjacent to an activating group) is 1. The van der Waals surface area contributed by atoms with Crippen molar-refractivity contribution in [1.82, 2.24) is 15.3 Å². The maximum Gasteiger partial charge on any atom is 0.0897 e. The van der Waals surface area contributed by atoms with E-state index in [1.807, 2.05) is 0 Å². The van der Waals surface area contributed by atoms with Gasteiger partial charge in [-0.2, -0.15) is 0 Å². The second kappa shape index (κ2) is 5.65. The summed E-state index contributed by atoms with van der Waals surface area (Å²) in [5.74, 6) is 5.83. The maximum atomic E-state index is 5.83. The van der Waals surface area contributed by atoms with Gasteiger partial charge in [-0.3, -0.25) is 11.3 Å². The molecule has 4 nitrogen and oxygen atoms in total. The number of hydrogen-bond donors (Lipinski definition) is 2. The van der Waals surface area contributed by atoms with E-state index >= 15 is 0 Å². The van der Waals surface area contributed by atoms with Crippen molar-refractivity contribution in [2.75, 3.05) is 14.1 Å². The second-order valence-electron chi connectivity index (χ2n) is 5.49. The summed E-state index contributed by atoms with van der Waals surface area (Å²) in [5, 5.41) is 3.28. The van der Waals surface area contributed by atoms with Gasteiger partial charge in [0.2, 0.25) is 0 Å². The number of aryl methyl sites for hydroxylation is 1. The molecule has 1 aliphatic carbocycles. The van der Waals surface area contributed by atoms with Crippen molar-refractivity contribution in [3.63, 3.8) is 0 Å². The smallest absolute Gasteiger partial charge is 0.0897 e. The van der Waals surface area contributed by atoms with Gasteiger partial charge in [-0.15, -0.1) is 11.3 Å². The Bertz CT molecular complexity index is 382. The van der Waals surface area contributed by atoms with Crippen LogP contribution in [0.5, 0.6) is 0 Å². The van der Waals surface area contributed by atoms with Gasteiger partial charge in [-0.1, -0.05) is 12.8 Å². The summed E-state index contributed by atoms with van der Waals surface area (Å²) in [6.45, 7) is 2.05. The molecule has 0 aromatic carbocycles. The number of nitrogens with two attached hydrogens (primary N) is 1. The molecule has 3 N–H and O–H groups in total. The number of aromatic nitrogens is 1. The minimum atomic E-state index is 0.187. The molecule has 1 atom stereocenters. The van der Waals surface area contributed by atoms with Gasteiger partial charge in [-0.05, 0) is 33.9 Å². The summed E-state index contributed by atoms with van der Waals surface area (Å²) in [6, 6.07) is 0.275. The fraction of sp³-hybridized carbons (Fsp3) is 0.769. The quantitative estimate of drug-likeness (QED) is 0.630. The van der Waals surface area contributed by atoms with Crippen molar-refractivity contribution in [2.24, 2.45) is 5.84 Å². The van der Waals surface area contributed by atoms with E-state index in [0.717, 1.165) is 17.1 Å². The Morgan fingerprint density at radius 3 is 2.61 bits per heavy atom. The third-order valence-corrected chi connectivity index (χ3v) is 5.11. The molecule has 1 aromatic heterocycles. The number of hydrazine groups is 1. The number of hydrogen-bond acceptors (Lipinski definition) is 5. The fourth-order valence-electron chi connectivity index (χ4n) is 3.21. The largest absolute Gasteiger partial charge is 0.302 e. The highest BCUT2D eigenvalue weighted by molar-refractivity contribution is 7.09. The number of rotatable bonds is 5. The van der Waals surface area contributed by atoms with Crippen molar-refractivity contribution in [3.8, 4) is 0 Å². The van der Waals surface area contributed by atoms with Crippen LogP contribution < -0.4 is 11.3 Å². The molecule has 5 heteroatoms. The highest BCUT2D eigenvalue weighted by Gasteiger charge is 2.42. The molecule has 1 aromatic rings. The van der Waals surface area contributed by atoms with Gasteiger partial charge in [0.15, 0.2) is 0 Å². The highest BCUT2D eigenvalue weighted by atomic mass is 32.1. The molecule has 1 heterocycles. The van der Waals surface area contributed by atoms with Crippen LogP contribution in [0.15, 0.2) is 5.38 Å². The molecule has 102 valence electrons. The van der Waals surface area contributed by atoms with E-state index in [9.17, 15) is 0 Å². The van der Waals surface area contributed by atoms with Crippen molar-refractivity contribution in [2.45, 2.75) is 50.6 Å². The maximum absolute atomic E-state index is 5.83. The van der Waals surface area contributed by atoms with E-state index in [4.69, 9.17) is 5.84 Å². The van der Waals surface area contributed by atoms with Gasteiger partial charge in [0.25, 0.3) is 0 Å². The first kappa shape index (κ1) is 13.9. The Labute approximate surface area is 114 Å². The Morgan fingerprint density at radius 1 is 1.50 bits per heavy atom. The van der Waals surface area contributed by atoms with Crippen molar-refractivity contribution in [3.05, 3.63) is 16.1 Å². The van der Waals surface area contributed by atoms with Crippen LogP contribution in [-0.4, -0.2) is 35.6 Å². The fourth-order valence-corrected chi connectivity index (χ4v) is 3.84. The summed E-state index contributed by atoms with van der Waals surface area (Å²) in [7, 11) is 4.34. The third kappa shape index (κ3) is 2.59. The molecule has 1 unspecified atom stereocenters. The second-order valence-corrected chi connectivity index (χ2v) is 6.55. The molecular weight excluding hydrogens is 244 g/mol. The van der Waals surface area contributed by atoms with E-state index in [2.05, 4.69) is 41.7 Å². The van der Waals surface area contributed by atoms with Crippen LogP contribution in [-0.2, 0) is 6.42 Å². The summed E-state index contributed by atoms with van der Waals surface area (Å²) >= 11 is 1.71. The SMILES string of the molecule is Cc1nc(CC(NN)C2(N(C)C)CCCC2)cs1. The highest BCUT2D eigenvalue weighted by Crippen LogP contribution is 2.37. The molecule has 1 aliphatic rings. The molecule has 1 fully saturated rings. The zero-order chi connectivity index (χ0) is 13.2. The molecule has 0 aliphatic heterocycles. The zero-order valence-electron chi connectivity index (χ0n) is 11.6. The normalized spacial score (nSPS) is 20.5. The van der Waals surface area contributed by atoms with E-state index < -0.39 is 0 Å². The molecule has 0 amide bonds. The summed E-state index contributed by atoms with van der Waals surface area (Å²) in [4.78, 5) is 6.92. The Kier molecular flexibility index (Phi) is 4.37. The predicted octanol–water partition coefficient (Wildman–Crippen LogP) is 1.70. The first-order chi connectivity index (χ1) is 8.58. The lowest BCUT2D eigenvalue weighted by atomic mass is 9.84. The number of thiazole rings is 1. The molecule has 18 heavy (non-hydrogen) atoms. The summed E-state index contributed by atoms with van der Waals surface area (Å²) in [6.07, 6.45) is 5.95. The Balaban J connectivity index is 2.16. The van der Waals surface area contributed by atoms with Gasteiger partial charge in [0, 0.05) is 23.4 Å². The first-order valence-corrected chi connectivity index (χ1v) is 7.51. The van der Waals surface area contributed by atoms with Crippen LogP contribution in [0.2, 0.25) is 0 Å². The molecule has 0 spiro atoms. The van der Waals surface area contributed by atoms with Crippen LogP contribution in [0, 0.1) is 6.92 Å². The zero-order valence-corrected chi connectivity index (χ0v) is 12.4. The Morgan fingerprint density at radius 2 is 2.17 bits per heavy atom. The third-order valence-electron chi connectivity index (χ3n) is 4.29. The van der Waals surface area contributed by atoms with Crippen LogP contribution in [0.25, 0.3) is 0 Å². The van der Waals surface area contributed by atoms with Gasteiger partial charge >= 0.3 is 0 Å². The monoisotopic (exact) mass is 268 g/mol. The van der Waals surface area contributed by atoms with Crippen molar-refractivity contribution < 1.29 is 0 Å². The molecule has 2 rings (SSSR count). The Hall–Kier alpha value is -0.490. The predicted molar refractivity (Wildman–Crippen MR) is 76.6 cm³/mol. The van der Waals surface area contributed by atoms with Crippen LogP contribution >= 0.6 is 11.3 Å². The average Bonchev–Trinajstić information content (AvgIpc) is 2.95. The lowest BCUT2D eigenvalue weighted by Gasteiger charge is -2.42. The van der Waals surface area contributed by atoms with E-state index in [1.165, 1.54) is 25.7 Å². The molecule has 1 saturated carbocycles. The van der Waals surface area contributed by atoms with E-state index in [-0.39, 0.29) is 11.6 Å². The minimum Gasteiger partial charge on any atom is -0.302 e. The molecular formula is C13H24N4S. The van der Waals surface area contributed by atoms with Gasteiger partial charge in [0.1, 0.15) is 0 Å². The summed E-state index contributed by atoms with van der Waals surface area (Å²) < 4.78 is 0. The number of nitrogens with zero attached hydrogens (tertiary/aromatic N) is 2. The van der Waals surface area contributed by atoms with Gasteiger partial charge in [-0.25, -0.2) is 4.98 Å². The summed E-state index contributed by atoms with van der Waals surface area (Å²) in [5.41, 5.74) is 4.39. The average molecular weight is 268 g/mol. The van der Waals surface area contributed by atoms with E-state index in [1.54, 1.807) is 11.3 Å². The van der Waals surface area contributed by atoms with Crippen molar-refractivity contribution in [1.29, 1.82) is 0 Å². The van der Waals surface area contributed by atoms with E-state index in [0.29, 0.717) is 0 Å². The lowest BCUT2D eigenvalue weighted by molar-refractivity contribution is 0.104. The topological polar surface area (TPSA) is 54.2 Å². The standard InChI is InChI=1S/C13H24N4S/c1-10-15-11(9-18-10)8-12(16-14)13(17(2)3)6-4-5-7-13/h9,12,16H,4-8,14H2,1-3H3. The number of nitrogens with one attached hydrogen (secondary N) is 1. The molecule has 0 radical (unpaired) electrons. The van der Waals surface area contributed by atoms with Crippen LogP contribution in [0.1, 0.15) is 36.4 Å². The minimum absolute atomic E-state index is 0.187. The van der Waals surface area contributed by atoms with Gasteiger partial charge in [0.05, 0.1) is 10.7 Å². The van der Waals surface area contributed by atoms with Gasteiger partial charge < -0.3 is 4.90 Å².